The summed E-state index contributed by atoms with van der Waals surface area (Å²) in [6.07, 6.45) is 1.74. The second-order valence-electron chi connectivity index (χ2n) is 3.95. The zero-order valence-corrected chi connectivity index (χ0v) is 12.5. The smallest absolute Gasteiger partial charge is 0.309 e. The predicted molar refractivity (Wildman–Crippen MR) is 75.3 cm³/mol. The molecule has 0 N–H and O–H groups in total. The van der Waals surface area contributed by atoms with Crippen LogP contribution >= 0.6 is 7.60 Å². The van der Waals surface area contributed by atoms with Gasteiger partial charge in [0, 0.05) is 12.0 Å². The number of benzene rings is 1. The molecule has 0 unspecified atom stereocenters. The molecule has 0 heterocycles. The number of ketones is 1. The summed E-state index contributed by atoms with van der Waals surface area (Å²) >= 11 is 0. The van der Waals surface area contributed by atoms with E-state index >= 15 is 0 Å². The third-order valence-corrected chi connectivity index (χ3v) is 4.58. The van der Waals surface area contributed by atoms with Crippen LogP contribution in [0.2, 0.25) is 0 Å². The monoisotopic (exact) mass is 283 g/mol. The molecule has 0 aliphatic heterocycles. The summed E-state index contributed by atoms with van der Waals surface area (Å²) in [6.45, 7) is 5.96. The molecule has 0 saturated heterocycles. The Morgan fingerprint density at radius 3 is 2.11 bits per heavy atom. The Hall–Kier alpha value is -0.960. The van der Waals surface area contributed by atoms with E-state index in [4.69, 9.17) is 9.05 Å². The van der Waals surface area contributed by atoms with Crippen molar-refractivity contribution in [1.29, 1.82) is 0 Å². The number of carbonyl (C=O) groups excluding carboxylic acids is 1. The van der Waals surface area contributed by atoms with E-state index in [-0.39, 0.29) is 11.9 Å². The van der Waals surface area contributed by atoms with Gasteiger partial charge in [-0.05, 0) is 19.4 Å². The largest absolute Gasteiger partial charge is 0.335 e. The Morgan fingerprint density at radius 1 is 1.16 bits per heavy atom. The van der Waals surface area contributed by atoms with Gasteiger partial charge >= 0.3 is 7.60 Å². The second-order valence-corrected chi connectivity index (χ2v) is 6.01. The minimum atomic E-state index is -3.08. The van der Waals surface area contributed by atoms with Crippen LogP contribution in [0.3, 0.4) is 0 Å². The molecule has 0 aliphatic rings. The van der Waals surface area contributed by atoms with Gasteiger partial charge in [0.05, 0.1) is 19.4 Å². The van der Waals surface area contributed by atoms with Gasteiger partial charge in [0.15, 0.2) is 5.78 Å². The third-order valence-electron chi connectivity index (χ3n) is 2.53. The molecule has 105 valence electrons. The number of carbonyl (C=O) groups is 1. The molecule has 1 radical (unpaired) electrons. The lowest BCUT2D eigenvalue weighted by Gasteiger charge is -2.17. The minimum absolute atomic E-state index is 0.0238. The summed E-state index contributed by atoms with van der Waals surface area (Å²) in [4.78, 5) is 11.5. The summed E-state index contributed by atoms with van der Waals surface area (Å²) in [5, 5.41) is 0. The summed E-state index contributed by atoms with van der Waals surface area (Å²) < 4.78 is 22.8. The Bertz CT molecular complexity index is 443. The molecule has 0 aliphatic carbocycles. The Morgan fingerprint density at radius 2 is 1.68 bits per heavy atom. The molecule has 0 aromatic heterocycles. The second kappa shape index (κ2) is 7.59. The van der Waals surface area contributed by atoms with E-state index in [2.05, 4.69) is 0 Å². The van der Waals surface area contributed by atoms with E-state index in [1.165, 1.54) is 6.42 Å². The summed E-state index contributed by atoms with van der Waals surface area (Å²) in [5.41, 5.74) is 1.45. The normalized spacial score (nSPS) is 11.5. The topological polar surface area (TPSA) is 52.6 Å². The van der Waals surface area contributed by atoms with Crippen molar-refractivity contribution >= 4 is 13.4 Å². The molecule has 0 bridgehead atoms. The first kappa shape index (κ1) is 16.1. The lowest BCUT2D eigenvalue weighted by Crippen LogP contribution is -2.00. The van der Waals surface area contributed by atoms with Gasteiger partial charge in [-0.3, -0.25) is 9.36 Å². The van der Waals surface area contributed by atoms with Gasteiger partial charge in [-0.25, -0.2) is 0 Å². The quantitative estimate of drug-likeness (QED) is 0.537. The first-order chi connectivity index (χ1) is 9.04. The van der Waals surface area contributed by atoms with Crippen LogP contribution in [0, 0.1) is 6.42 Å². The SMILES string of the molecule is C[CH]C(=O)c1ccc(CP(=O)(OCC)OCC)cc1. The molecule has 0 fully saturated rings. The maximum atomic E-state index is 12.3. The van der Waals surface area contributed by atoms with E-state index < -0.39 is 7.60 Å². The van der Waals surface area contributed by atoms with Gasteiger partial charge in [0.2, 0.25) is 0 Å². The van der Waals surface area contributed by atoms with Crippen LogP contribution in [0.15, 0.2) is 24.3 Å². The Kier molecular flexibility index (Phi) is 6.43. The van der Waals surface area contributed by atoms with Crippen LogP contribution in [0.5, 0.6) is 0 Å². The minimum Gasteiger partial charge on any atom is -0.309 e. The van der Waals surface area contributed by atoms with Gasteiger partial charge in [0.25, 0.3) is 0 Å². The van der Waals surface area contributed by atoms with E-state index in [1.54, 1.807) is 45.0 Å². The molecule has 0 saturated carbocycles. The maximum Gasteiger partial charge on any atom is 0.335 e. The highest BCUT2D eigenvalue weighted by Gasteiger charge is 2.23. The lowest BCUT2D eigenvalue weighted by atomic mass is 10.1. The Balaban J connectivity index is 2.80. The first-order valence-electron chi connectivity index (χ1n) is 6.35. The fourth-order valence-corrected chi connectivity index (χ4v) is 3.39. The maximum absolute atomic E-state index is 12.3. The van der Waals surface area contributed by atoms with E-state index in [0.717, 1.165) is 5.56 Å². The van der Waals surface area contributed by atoms with E-state index in [0.29, 0.717) is 18.8 Å². The van der Waals surface area contributed by atoms with Gasteiger partial charge in [-0.15, -0.1) is 0 Å². The average Bonchev–Trinajstić information content (AvgIpc) is 2.39. The summed E-state index contributed by atoms with van der Waals surface area (Å²) in [6, 6.07) is 7.00. The van der Waals surface area contributed by atoms with Crippen molar-refractivity contribution in [1.82, 2.24) is 0 Å². The number of hydrogen-bond acceptors (Lipinski definition) is 4. The zero-order chi connectivity index (χ0) is 14.3. The van der Waals surface area contributed by atoms with Crippen LogP contribution in [-0.4, -0.2) is 19.0 Å². The number of Topliss-reactive ketones (excluding diaryl/α,β-unsaturated/α-hetero) is 1. The Labute approximate surface area is 114 Å². The molecule has 0 amide bonds. The third kappa shape index (κ3) is 4.90. The summed E-state index contributed by atoms with van der Waals surface area (Å²) in [5.74, 6) is -0.0238. The average molecular weight is 283 g/mol. The molecule has 5 heteroatoms. The highest BCUT2D eigenvalue weighted by Crippen LogP contribution is 2.51. The fourth-order valence-electron chi connectivity index (χ4n) is 1.69. The van der Waals surface area contributed by atoms with Crippen molar-refractivity contribution in [3.8, 4) is 0 Å². The van der Waals surface area contributed by atoms with Crippen LogP contribution in [0.25, 0.3) is 0 Å². The van der Waals surface area contributed by atoms with Crippen molar-refractivity contribution in [2.45, 2.75) is 26.9 Å². The fraction of sp³-hybridized carbons (Fsp3) is 0.429. The molecule has 1 rings (SSSR count). The first-order valence-corrected chi connectivity index (χ1v) is 8.08. The van der Waals surface area contributed by atoms with Gasteiger partial charge in [0.1, 0.15) is 0 Å². The molecular weight excluding hydrogens is 263 g/mol. The standard InChI is InChI=1S/C14H20O4P/c1-4-14(15)13-9-7-12(8-10-13)11-19(16,17-5-2)18-6-3/h4,7-10H,5-6,11H2,1-3H3. The van der Waals surface area contributed by atoms with Crippen LogP contribution in [0.1, 0.15) is 36.7 Å². The molecule has 0 spiro atoms. The zero-order valence-electron chi connectivity index (χ0n) is 11.6. The molecule has 1 aromatic rings. The van der Waals surface area contributed by atoms with Gasteiger partial charge < -0.3 is 9.05 Å². The highest BCUT2D eigenvalue weighted by molar-refractivity contribution is 7.53. The molecule has 19 heavy (non-hydrogen) atoms. The molecule has 1 aromatic carbocycles. The molecular formula is C14H20O4P. The van der Waals surface area contributed by atoms with Gasteiger partial charge in [-0.1, -0.05) is 31.2 Å². The van der Waals surface area contributed by atoms with Crippen molar-refractivity contribution in [3.05, 3.63) is 41.8 Å². The van der Waals surface area contributed by atoms with E-state index in [1.807, 2.05) is 0 Å². The van der Waals surface area contributed by atoms with Gasteiger partial charge in [-0.2, -0.15) is 0 Å². The summed E-state index contributed by atoms with van der Waals surface area (Å²) in [7, 11) is -3.08. The van der Waals surface area contributed by atoms with Crippen LogP contribution in [0.4, 0.5) is 0 Å². The highest BCUT2D eigenvalue weighted by atomic mass is 31.2. The number of rotatable bonds is 8. The van der Waals surface area contributed by atoms with E-state index in [9.17, 15) is 9.36 Å². The molecule has 4 nitrogen and oxygen atoms in total. The van der Waals surface area contributed by atoms with Crippen LogP contribution < -0.4 is 0 Å². The number of hydrogen-bond donors (Lipinski definition) is 0. The lowest BCUT2D eigenvalue weighted by molar-refractivity contribution is 0.103. The van der Waals surface area contributed by atoms with Crippen molar-refractivity contribution in [3.63, 3.8) is 0 Å². The van der Waals surface area contributed by atoms with Crippen LogP contribution in [-0.2, 0) is 19.8 Å². The van der Waals surface area contributed by atoms with Crippen molar-refractivity contribution < 1.29 is 18.4 Å². The molecule has 0 atom stereocenters. The van der Waals surface area contributed by atoms with Crippen molar-refractivity contribution in [2.24, 2.45) is 0 Å². The predicted octanol–water partition coefficient (Wildman–Crippen LogP) is 3.86. The van der Waals surface area contributed by atoms with Crippen molar-refractivity contribution in [2.75, 3.05) is 13.2 Å².